The molecule has 1 aromatic carbocycles. The van der Waals surface area contributed by atoms with Crippen LogP contribution >= 0.6 is 23.4 Å². The van der Waals surface area contributed by atoms with Gasteiger partial charge < -0.3 is 10.1 Å². The Bertz CT molecular complexity index is 434. The van der Waals surface area contributed by atoms with E-state index >= 15 is 0 Å². The minimum Gasteiger partial charge on any atom is -0.381 e. The molecule has 1 fully saturated rings. The number of alkyl halides is 1. The standard InChI is InChI=1S/C15H20ClNOS/c16-11-15(5-7-18-8-6-15)17-9-12-10-19-14-4-2-1-3-13(12)14/h1-4,12,17H,5-11H2. The molecule has 0 aromatic heterocycles. The van der Waals surface area contributed by atoms with Gasteiger partial charge in [0.2, 0.25) is 0 Å². The van der Waals surface area contributed by atoms with Gasteiger partial charge in [-0.2, -0.15) is 0 Å². The Kier molecular flexibility index (Phi) is 4.37. The predicted octanol–water partition coefficient (Wildman–Crippen LogP) is 3.25. The Labute approximate surface area is 124 Å². The third kappa shape index (κ3) is 2.94. The zero-order valence-electron chi connectivity index (χ0n) is 11.0. The number of nitrogens with one attached hydrogen (secondary N) is 1. The molecule has 2 heterocycles. The molecule has 0 radical (unpaired) electrons. The molecule has 19 heavy (non-hydrogen) atoms. The third-order valence-corrected chi connectivity index (χ3v) is 5.99. The molecule has 0 aliphatic carbocycles. The first-order chi connectivity index (χ1) is 9.33. The van der Waals surface area contributed by atoms with E-state index in [0.29, 0.717) is 11.8 Å². The smallest absolute Gasteiger partial charge is 0.0484 e. The highest BCUT2D eigenvalue weighted by atomic mass is 35.5. The zero-order chi connectivity index (χ0) is 13.1. The summed E-state index contributed by atoms with van der Waals surface area (Å²) in [5.41, 5.74) is 1.58. The summed E-state index contributed by atoms with van der Waals surface area (Å²) < 4.78 is 5.45. The summed E-state index contributed by atoms with van der Waals surface area (Å²) in [7, 11) is 0. The molecular formula is C15H20ClNOS. The lowest BCUT2D eigenvalue weighted by Crippen LogP contribution is -2.52. The van der Waals surface area contributed by atoms with E-state index in [2.05, 4.69) is 29.6 Å². The molecule has 2 aliphatic rings. The van der Waals surface area contributed by atoms with Crippen molar-refractivity contribution in [3.8, 4) is 0 Å². The van der Waals surface area contributed by atoms with Gasteiger partial charge in [-0.05, 0) is 24.5 Å². The second-order valence-electron chi connectivity index (χ2n) is 5.45. The molecule has 2 nitrogen and oxygen atoms in total. The van der Waals surface area contributed by atoms with Crippen molar-refractivity contribution in [2.24, 2.45) is 0 Å². The first-order valence-electron chi connectivity index (χ1n) is 6.93. The minimum absolute atomic E-state index is 0.0853. The van der Waals surface area contributed by atoms with Crippen LogP contribution in [0.4, 0.5) is 0 Å². The van der Waals surface area contributed by atoms with Crippen LogP contribution in [0.25, 0.3) is 0 Å². The summed E-state index contributed by atoms with van der Waals surface area (Å²) in [6.07, 6.45) is 2.05. The van der Waals surface area contributed by atoms with Crippen LogP contribution in [0.2, 0.25) is 0 Å². The molecule has 3 rings (SSSR count). The summed E-state index contributed by atoms with van der Waals surface area (Å²) in [6.45, 7) is 2.68. The monoisotopic (exact) mass is 297 g/mol. The number of benzene rings is 1. The largest absolute Gasteiger partial charge is 0.381 e. The molecule has 0 saturated carbocycles. The Hall–Kier alpha value is -0.220. The lowest BCUT2D eigenvalue weighted by atomic mass is 9.91. The average Bonchev–Trinajstić information content (AvgIpc) is 2.89. The molecule has 0 spiro atoms. The maximum absolute atomic E-state index is 6.20. The maximum Gasteiger partial charge on any atom is 0.0484 e. The van der Waals surface area contributed by atoms with E-state index in [9.17, 15) is 0 Å². The van der Waals surface area contributed by atoms with E-state index in [-0.39, 0.29) is 5.54 Å². The van der Waals surface area contributed by atoms with Crippen molar-refractivity contribution in [2.75, 3.05) is 31.4 Å². The first kappa shape index (κ1) is 13.7. The Morgan fingerprint density at radius 1 is 1.32 bits per heavy atom. The number of hydrogen-bond donors (Lipinski definition) is 1. The van der Waals surface area contributed by atoms with E-state index in [1.807, 2.05) is 11.8 Å². The summed E-state index contributed by atoms with van der Waals surface area (Å²) in [5.74, 6) is 2.48. The number of ether oxygens (including phenoxy) is 1. The predicted molar refractivity (Wildman–Crippen MR) is 81.4 cm³/mol. The molecule has 4 heteroatoms. The fourth-order valence-corrected chi connectivity index (χ4v) is 4.47. The average molecular weight is 298 g/mol. The van der Waals surface area contributed by atoms with Gasteiger partial charge in [0.05, 0.1) is 0 Å². The van der Waals surface area contributed by atoms with E-state index in [1.54, 1.807) is 0 Å². The highest BCUT2D eigenvalue weighted by molar-refractivity contribution is 7.99. The fourth-order valence-electron chi connectivity index (χ4n) is 2.86. The van der Waals surface area contributed by atoms with E-state index < -0.39 is 0 Å². The number of fused-ring (bicyclic) bond motifs is 1. The van der Waals surface area contributed by atoms with Crippen molar-refractivity contribution in [1.29, 1.82) is 0 Å². The zero-order valence-corrected chi connectivity index (χ0v) is 12.6. The second kappa shape index (κ2) is 6.04. The van der Waals surface area contributed by atoms with Crippen LogP contribution in [0.15, 0.2) is 29.2 Å². The summed E-state index contributed by atoms with van der Waals surface area (Å²) in [5, 5.41) is 3.74. The third-order valence-electron chi connectivity index (χ3n) is 4.23. The Balaban J connectivity index is 1.63. The van der Waals surface area contributed by atoms with Crippen molar-refractivity contribution in [2.45, 2.75) is 29.2 Å². The van der Waals surface area contributed by atoms with Gasteiger partial charge in [0.1, 0.15) is 0 Å². The molecule has 2 aliphatic heterocycles. The van der Waals surface area contributed by atoms with Crippen molar-refractivity contribution in [1.82, 2.24) is 5.32 Å². The van der Waals surface area contributed by atoms with Crippen LogP contribution in [0.3, 0.4) is 0 Å². The number of hydrogen-bond acceptors (Lipinski definition) is 3. The first-order valence-corrected chi connectivity index (χ1v) is 8.45. The maximum atomic E-state index is 6.20. The van der Waals surface area contributed by atoms with Crippen LogP contribution in [-0.4, -0.2) is 36.9 Å². The van der Waals surface area contributed by atoms with Crippen LogP contribution in [-0.2, 0) is 4.74 Å². The molecule has 1 N–H and O–H groups in total. The van der Waals surface area contributed by atoms with Crippen LogP contribution in [0.5, 0.6) is 0 Å². The summed E-state index contributed by atoms with van der Waals surface area (Å²) >= 11 is 8.17. The van der Waals surface area contributed by atoms with Gasteiger partial charge in [-0.3, -0.25) is 0 Å². The van der Waals surface area contributed by atoms with Gasteiger partial charge in [-0.1, -0.05) is 18.2 Å². The van der Waals surface area contributed by atoms with Crippen molar-refractivity contribution in [3.63, 3.8) is 0 Å². The highest BCUT2D eigenvalue weighted by Crippen LogP contribution is 2.39. The highest BCUT2D eigenvalue weighted by Gasteiger charge is 2.33. The second-order valence-corrected chi connectivity index (χ2v) is 6.78. The lowest BCUT2D eigenvalue weighted by molar-refractivity contribution is 0.0463. The lowest BCUT2D eigenvalue weighted by Gasteiger charge is -2.37. The molecule has 1 atom stereocenters. The number of rotatable bonds is 4. The van der Waals surface area contributed by atoms with E-state index in [1.165, 1.54) is 16.2 Å². The van der Waals surface area contributed by atoms with Crippen LogP contribution in [0, 0.1) is 0 Å². The SMILES string of the molecule is ClCC1(NCC2CSc3ccccc32)CCOCC1. The van der Waals surface area contributed by atoms with Gasteiger partial charge in [0.15, 0.2) is 0 Å². The van der Waals surface area contributed by atoms with E-state index in [0.717, 1.165) is 32.6 Å². The summed E-state index contributed by atoms with van der Waals surface area (Å²) in [6, 6.07) is 8.76. The number of halogens is 1. The molecular weight excluding hydrogens is 278 g/mol. The van der Waals surface area contributed by atoms with Gasteiger partial charge in [-0.15, -0.1) is 23.4 Å². The molecule has 0 amide bonds. The summed E-state index contributed by atoms with van der Waals surface area (Å²) in [4.78, 5) is 1.45. The topological polar surface area (TPSA) is 21.3 Å². The Morgan fingerprint density at radius 2 is 2.11 bits per heavy atom. The molecule has 1 unspecified atom stereocenters. The molecule has 1 aromatic rings. The quantitative estimate of drug-likeness (QED) is 0.862. The van der Waals surface area contributed by atoms with Gasteiger partial charge in [-0.25, -0.2) is 0 Å². The normalized spacial score (nSPS) is 25.2. The van der Waals surface area contributed by atoms with Gasteiger partial charge >= 0.3 is 0 Å². The Morgan fingerprint density at radius 3 is 2.89 bits per heavy atom. The van der Waals surface area contributed by atoms with E-state index in [4.69, 9.17) is 16.3 Å². The van der Waals surface area contributed by atoms with Gasteiger partial charge in [0, 0.05) is 47.7 Å². The van der Waals surface area contributed by atoms with Crippen molar-refractivity contribution in [3.05, 3.63) is 29.8 Å². The van der Waals surface area contributed by atoms with Gasteiger partial charge in [0.25, 0.3) is 0 Å². The molecule has 1 saturated heterocycles. The fraction of sp³-hybridized carbons (Fsp3) is 0.600. The van der Waals surface area contributed by atoms with Crippen LogP contribution < -0.4 is 5.32 Å². The van der Waals surface area contributed by atoms with Crippen molar-refractivity contribution < 1.29 is 4.74 Å². The molecule has 104 valence electrons. The minimum atomic E-state index is 0.0853. The van der Waals surface area contributed by atoms with Crippen molar-refractivity contribution >= 4 is 23.4 Å². The molecule has 0 bridgehead atoms. The number of thioether (sulfide) groups is 1. The van der Waals surface area contributed by atoms with Crippen LogP contribution in [0.1, 0.15) is 24.3 Å².